The van der Waals surface area contributed by atoms with Crippen molar-refractivity contribution in [3.8, 4) is 28.2 Å². The van der Waals surface area contributed by atoms with Gasteiger partial charge in [-0.05, 0) is 36.2 Å². The minimum atomic E-state index is -1.15. The summed E-state index contributed by atoms with van der Waals surface area (Å²) < 4.78 is 6.89. The van der Waals surface area contributed by atoms with E-state index < -0.39 is 5.97 Å². The molecule has 0 spiro atoms. The molecule has 2 aromatic heterocycles. The second-order valence-corrected chi connectivity index (χ2v) is 8.01. The largest absolute Gasteiger partial charge is 0.497 e. The summed E-state index contributed by atoms with van der Waals surface area (Å²) in [6.07, 6.45) is 0. The Hall–Kier alpha value is -3.70. The van der Waals surface area contributed by atoms with Crippen LogP contribution in [0.3, 0.4) is 0 Å². The van der Waals surface area contributed by atoms with Crippen LogP contribution in [0, 0.1) is 11.3 Å². The molecule has 150 valence electrons. The first kappa shape index (κ1) is 19.6. The van der Waals surface area contributed by atoms with Crippen LogP contribution in [0.1, 0.15) is 40.7 Å². The zero-order valence-electron chi connectivity index (χ0n) is 16.6. The van der Waals surface area contributed by atoms with Gasteiger partial charge in [0.05, 0.1) is 30.0 Å². The van der Waals surface area contributed by atoms with Crippen LogP contribution < -0.4 is 4.74 Å². The van der Waals surface area contributed by atoms with Crippen LogP contribution in [0.2, 0.25) is 0 Å². The predicted octanol–water partition coefficient (Wildman–Crippen LogP) is 4.85. The van der Waals surface area contributed by atoms with E-state index >= 15 is 0 Å². The molecule has 0 bridgehead atoms. The van der Waals surface area contributed by atoms with Crippen molar-refractivity contribution in [2.45, 2.75) is 19.8 Å². The number of nitrogens with zero attached hydrogens (tertiary/aromatic N) is 4. The van der Waals surface area contributed by atoms with E-state index in [1.807, 2.05) is 30.3 Å². The van der Waals surface area contributed by atoms with Gasteiger partial charge in [-0.15, -0.1) is 0 Å². The minimum absolute atomic E-state index is 0.105. The van der Waals surface area contributed by atoms with E-state index in [0.29, 0.717) is 21.6 Å². The van der Waals surface area contributed by atoms with Gasteiger partial charge in [0.2, 0.25) is 5.13 Å². The van der Waals surface area contributed by atoms with Gasteiger partial charge >= 0.3 is 5.97 Å². The summed E-state index contributed by atoms with van der Waals surface area (Å²) in [6.45, 7) is 4.17. The van der Waals surface area contributed by atoms with Crippen molar-refractivity contribution in [1.82, 2.24) is 14.8 Å². The summed E-state index contributed by atoms with van der Waals surface area (Å²) in [5.41, 5.74) is 2.60. The molecule has 4 rings (SSSR count). The Morgan fingerprint density at radius 3 is 2.73 bits per heavy atom. The van der Waals surface area contributed by atoms with Crippen LogP contribution in [-0.2, 0) is 0 Å². The van der Waals surface area contributed by atoms with Crippen LogP contribution in [-0.4, -0.2) is 33.0 Å². The second-order valence-electron chi connectivity index (χ2n) is 7.01. The van der Waals surface area contributed by atoms with Crippen molar-refractivity contribution in [2.75, 3.05) is 7.11 Å². The minimum Gasteiger partial charge on any atom is -0.497 e. The molecule has 0 aliphatic heterocycles. The number of benzene rings is 2. The lowest BCUT2D eigenvalue weighted by Crippen LogP contribution is -2.01. The Bertz CT molecular complexity index is 1310. The quantitative estimate of drug-likeness (QED) is 0.497. The fourth-order valence-electron chi connectivity index (χ4n) is 3.27. The molecule has 8 heteroatoms. The van der Waals surface area contributed by atoms with Gasteiger partial charge in [-0.25, -0.2) is 14.5 Å². The van der Waals surface area contributed by atoms with E-state index in [4.69, 9.17) is 9.72 Å². The number of thiazole rings is 1. The molecule has 2 heterocycles. The fourth-order valence-corrected chi connectivity index (χ4v) is 4.33. The maximum Gasteiger partial charge on any atom is 0.357 e. The molecule has 4 aromatic rings. The van der Waals surface area contributed by atoms with Crippen LogP contribution in [0.5, 0.6) is 5.75 Å². The molecular formula is C22H18N4O3S. The molecule has 7 nitrogen and oxygen atoms in total. The average molecular weight is 418 g/mol. The second kappa shape index (κ2) is 7.61. The number of ether oxygens (including phenoxy) is 1. The lowest BCUT2D eigenvalue weighted by Gasteiger charge is -2.06. The van der Waals surface area contributed by atoms with Gasteiger partial charge < -0.3 is 9.84 Å². The highest BCUT2D eigenvalue weighted by Crippen LogP contribution is 2.37. The standard InChI is InChI=1S/C22H18N4O3S/c1-12(2)20-18(14-5-4-6-15(10-14)29-3)24-22(30-20)26-17-8-7-13(11-23)9-16(17)19(25-26)21(27)28/h4-10,12H,1-3H3,(H,27,28). The molecule has 2 aromatic carbocycles. The summed E-state index contributed by atoms with van der Waals surface area (Å²) in [5, 5.41) is 24.1. The number of carbonyl (C=O) groups is 1. The van der Waals surface area contributed by atoms with Gasteiger partial charge in [0.1, 0.15) is 5.75 Å². The first-order valence-electron chi connectivity index (χ1n) is 9.24. The Morgan fingerprint density at radius 1 is 1.27 bits per heavy atom. The number of carboxylic acid groups (broad SMARTS) is 1. The van der Waals surface area contributed by atoms with E-state index in [1.54, 1.807) is 30.0 Å². The lowest BCUT2D eigenvalue weighted by molar-refractivity contribution is 0.0692. The Labute approximate surface area is 176 Å². The first-order chi connectivity index (χ1) is 14.4. The Morgan fingerprint density at radius 2 is 2.07 bits per heavy atom. The van der Waals surface area contributed by atoms with Crippen molar-refractivity contribution in [1.29, 1.82) is 5.26 Å². The predicted molar refractivity (Wildman–Crippen MR) is 114 cm³/mol. The highest BCUT2D eigenvalue weighted by Gasteiger charge is 2.22. The van der Waals surface area contributed by atoms with E-state index in [9.17, 15) is 15.2 Å². The summed E-state index contributed by atoms with van der Waals surface area (Å²) >= 11 is 1.47. The van der Waals surface area contributed by atoms with E-state index in [-0.39, 0.29) is 11.6 Å². The van der Waals surface area contributed by atoms with Gasteiger partial charge in [0.15, 0.2) is 5.69 Å². The zero-order valence-corrected chi connectivity index (χ0v) is 17.4. The van der Waals surface area contributed by atoms with E-state index in [1.165, 1.54) is 11.3 Å². The highest BCUT2D eigenvalue weighted by molar-refractivity contribution is 7.14. The third-order valence-corrected chi connectivity index (χ3v) is 6.03. The zero-order chi connectivity index (χ0) is 21.4. The van der Waals surface area contributed by atoms with Crippen LogP contribution in [0.4, 0.5) is 0 Å². The van der Waals surface area contributed by atoms with Gasteiger partial charge in [0.25, 0.3) is 0 Å². The summed E-state index contributed by atoms with van der Waals surface area (Å²) in [5.74, 6) is -0.204. The topological polar surface area (TPSA) is 101 Å². The number of aromatic carboxylic acids is 1. The van der Waals surface area contributed by atoms with Crippen molar-refractivity contribution in [2.24, 2.45) is 0 Å². The van der Waals surface area contributed by atoms with Crippen LogP contribution >= 0.6 is 11.3 Å². The Kier molecular flexibility index (Phi) is 4.98. The molecular weight excluding hydrogens is 400 g/mol. The summed E-state index contributed by atoms with van der Waals surface area (Å²) in [4.78, 5) is 17.6. The number of nitriles is 1. The molecule has 0 unspecified atom stereocenters. The van der Waals surface area contributed by atoms with Crippen molar-refractivity contribution in [3.63, 3.8) is 0 Å². The lowest BCUT2D eigenvalue weighted by atomic mass is 10.1. The van der Waals surface area contributed by atoms with Gasteiger partial charge in [-0.3, -0.25) is 0 Å². The summed E-state index contributed by atoms with van der Waals surface area (Å²) in [6, 6.07) is 14.6. The molecule has 0 fully saturated rings. The van der Waals surface area contributed by atoms with Gasteiger partial charge in [-0.1, -0.05) is 37.3 Å². The maximum absolute atomic E-state index is 11.7. The highest BCUT2D eigenvalue weighted by atomic mass is 32.1. The normalized spacial score (nSPS) is 11.0. The van der Waals surface area contributed by atoms with E-state index in [0.717, 1.165) is 21.9 Å². The Balaban J connectivity index is 1.94. The van der Waals surface area contributed by atoms with Crippen molar-refractivity contribution < 1.29 is 14.6 Å². The number of hydrogen-bond donors (Lipinski definition) is 1. The van der Waals surface area contributed by atoms with Gasteiger partial charge in [0, 0.05) is 15.8 Å². The molecule has 0 saturated heterocycles. The van der Waals surface area contributed by atoms with E-state index in [2.05, 4.69) is 18.9 Å². The number of hydrogen-bond acceptors (Lipinski definition) is 6. The first-order valence-corrected chi connectivity index (χ1v) is 10.1. The van der Waals surface area contributed by atoms with Crippen LogP contribution in [0.15, 0.2) is 42.5 Å². The maximum atomic E-state index is 11.7. The average Bonchev–Trinajstić information content (AvgIpc) is 3.35. The number of rotatable bonds is 5. The molecule has 0 aliphatic rings. The molecule has 0 radical (unpaired) electrons. The molecule has 0 saturated carbocycles. The smallest absolute Gasteiger partial charge is 0.357 e. The number of aromatic nitrogens is 3. The monoisotopic (exact) mass is 418 g/mol. The van der Waals surface area contributed by atoms with Gasteiger partial charge in [-0.2, -0.15) is 10.4 Å². The molecule has 0 amide bonds. The summed E-state index contributed by atoms with van der Waals surface area (Å²) in [7, 11) is 1.62. The van der Waals surface area contributed by atoms with Crippen LogP contribution in [0.25, 0.3) is 27.3 Å². The SMILES string of the molecule is COc1cccc(-c2nc(-n3nc(C(=O)O)c4cc(C#N)ccc43)sc2C(C)C)c1. The molecule has 0 atom stereocenters. The number of carboxylic acids is 1. The number of methoxy groups -OCH3 is 1. The number of fused-ring (bicyclic) bond motifs is 1. The van der Waals surface area contributed by atoms with Crippen molar-refractivity contribution >= 4 is 28.2 Å². The molecule has 1 N–H and O–H groups in total. The molecule has 30 heavy (non-hydrogen) atoms. The third-order valence-electron chi connectivity index (χ3n) is 4.70. The fraction of sp³-hybridized carbons (Fsp3) is 0.182. The third kappa shape index (κ3) is 3.29. The molecule has 0 aliphatic carbocycles. The van der Waals surface area contributed by atoms with Crippen molar-refractivity contribution in [3.05, 3.63) is 58.6 Å².